The standard InChI is InChI=1S/C18H22F3NO3/c19-18(20,21)17(12-14(8-4-10-23)9-5-11-25-17)16(24)22-13-15-6-2-1-3-7-15/h1-3,6-8,23H,4-5,9-13H2,(H,22,24)/b14-8+/t17-/m0/s1. The number of rotatable bonds is 5. The number of alkyl halides is 3. The predicted molar refractivity (Wildman–Crippen MR) is 86.7 cm³/mol. The first-order valence-electron chi connectivity index (χ1n) is 8.21. The number of carbonyl (C=O) groups is 1. The minimum Gasteiger partial charge on any atom is -0.396 e. The molecule has 1 heterocycles. The maximum absolute atomic E-state index is 13.8. The first-order valence-corrected chi connectivity index (χ1v) is 8.21. The van der Waals surface area contributed by atoms with E-state index >= 15 is 0 Å². The van der Waals surface area contributed by atoms with Gasteiger partial charge < -0.3 is 15.2 Å². The van der Waals surface area contributed by atoms with E-state index in [1.165, 1.54) is 0 Å². The van der Waals surface area contributed by atoms with E-state index in [-0.39, 0.29) is 26.2 Å². The third-order valence-corrected chi connectivity index (χ3v) is 4.15. The zero-order valence-corrected chi connectivity index (χ0v) is 13.8. The highest BCUT2D eigenvalue weighted by Crippen LogP contribution is 2.41. The smallest absolute Gasteiger partial charge is 0.396 e. The molecule has 1 aliphatic rings. The van der Waals surface area contributed by atoms with Crippen LogP contribution in [-0.2, 0) is 16.1 Å². The van der Waals surface area contributed by atoms with Crippen LogP contribution in [0, 0.1) is 0 Å². The second-order valence-electron chi connectivity index (χ2n) is 6.00. The summed E-state index contributed by atoms with van der Waals surface area (Å²) in [6.07, 6.45) is -2.73. The van der Waals surface area contributed by atoms with E-state index in [4.69, 9.17) is 9.84 Å². The lowest BCUT2D eigenvalue weighted by Crippen LogP contribution is -2.58. The first-order chi connectivity index (χ1) is 11.9. The minimum absolute atomic E-state index is 0.00342. The van der Waals surface area contributed by atoms with Gasteiger partial charge in [-0.25, -0.2) is 0 Å². The molecule has 2 N–H and O–H groups in total. The lowest BCUT2D eigenvalue weighted by Gasteiger charge is -2.33. The van der Waals surface area contributed by atoms with Crippen molar-refractivity contribution in [3.63, 3.8) is 0 Å². The van der Waals surface area contributed by atoms with Crippen LogP contribution in [0.15, 0.2) is 42.0 Å². The lowest BCUT2D eigenvalue weighted by atomic mass is 9.90. The Morgan fingerprint density at radius 3 is 2.68 bits per heavy atom. The second-order valence-corrected chi connectivity index (χ2v) is 6.00. The molecule has 1 aliphatic heterocycles. The average Bonchev–Trinajstić information content (AvgIpc) is 2.82. The van der Waals surface area contributed by atoms with Gasteiger partial charge in [0.05, 0.1) is 0 Å². The van der Waals surface area contributed by atoms with Crippen molar-refractivity contribution in [2.24, 2.45) is 0 Å². The third-order valence-electron chi connectivity index (χ3n) is 4.15. The molecule has 138 valence electrons. The molecule has 0 radical (unpaired) electrons. The number of aliphatic hydroxyl groups is 1. The number of ether oxygens (including phenoxy) is 1. The Morgan fingerprint density at radius 1 is 1.32 bits per heavy atom. The van der Waals surface area contributed by atoms with E-state index in [9.17, 15) is 18.0 Å². The monoisotopic (exact) mass is 357 g/mol. The van der Waals surface area contributed by atoms with Crippen LogP contribution in [0.2, 0.25) is 0 Å². The molecule has 1 aromatic carbocycles. The summed E-state index contributed by atoms with van der Waals surface area (Å²) in [6.45, 7) is -0.297. The number of benzene rings is 1. The van der Waals surface area contributed by atoms with Crippen LogP contribution in [0.25, 0.3) is 0 Å². The third kappa shape index (κ3) is 4.83. The first kappa shape index (κ1) is 19.5. The van der Waals surface area contributed by atoms with Crippen LogP contribution in [0.4, 0.5) is 13.2 Å². The van der Waals surface area contributed by atoms with Crippen molar-refractivity contribution in [3.05, 3.63) is 47.5 Å². The molecular formula is C18H22F3NO3. The number of halogens is 3. The fourth-order valence-electron chi connectivity index (χ4n) is 2.83. The van der Waals surface area contributed by atoms with Crippen LogP contribution in [-0.4, -0.2) is 36.0 Å². The van der Waals surface area contributed by atoms with Crippen molar-refractivity contribution in [1.29, 1.82) is 0 Å². The van der Waals surface area contributed by atoms with Gasteiger partial charge in [-0.05, 0) is 24.8 Å². The number of hydrogen-bond donors (Lipinski definition) is 2. The summed E-state index contributed by atoms with van der Waals surface area (Å²) in [4.78, 5) is 12.5. The van der Waals surface area contributed by atoms with Crippen LogP contribution in [0.1, 0.15) is 31.2 Å². The molecule has 7 heteroatoms. The maximum atomic E-state index is 13.8. The molecule has 0 unspecified atom stereocenters. The Hall–Kier alpha value is -1.86. The maximum Gasteiger partial charge on any atom is 0.426 e. The molecule has 0 saturated carbocycles. The molecule has 1 atom stereocenters. The van der Waals surface area contributed by atoms with Crippen molar-refractivity contribution in [1.82, 2.24) is 5.32 Å². The SMILES string of the molecule is O=C(NCc1ccccc1)[C@]1(C(F)(F)F)C/C(=C/CCO)CCCO1. The molecule has 25 heavy (non-hydrogen) atoms. The van der Waals surface area contributed by atoms with Gasteiger partial charge in [0.1, 0.15) is 0 Å². The van der Waals surface area contributed by atoms with E-state index in [0.29, 0.717) is 24.0 Å². The Labute approximate surface area is 144 Å². The molecule has 1 amide bonds. The van der Waals surface area contributed by atoms with Crippen molar-refractivity contribution in [3.8, 4) is 0 Å². The van der Waals surface area contributed by atoms with E-state index in [0.717, 1.165) is 0 Å². The molecule has 1 aromatic rings. The Kier molecular flexibility index (Phi) is 6.61. The summed E-state index contributed by atoms with van der Waals surface area (Å²) in [5, 5.41) is 11.3. The van der Waals surface area contributed by atoms with Gasteiger partial charge in [0.15, 0.2) is 0 Å². The lowest BCUT2D eigenvalue weighted by molar-refractivity contribution is -0.265. The Balaban J connectivity index is 2.22. The second kappa shape index (κ2) is 8.49. The zero-order valence-electron chi connectivity index (χ0n) is 13.8. The number of carbonyl (C=O) groups excluding carboxylic acids is 1. The topological polar surface area (TPSA) is 58.6 Å². The molecule has 4 nitrogen and oxygen atoms in total. The van der Waals surface area contributed by atoms with Crippen LogP contribution in [0.5, 0.6) is 0 Å². The van der Waals surface area contributed by atoms with Gasteiger partial charge in [0.25, 0.3) is 5.91 Å². The van der Waals surface area contributed by atoms with Crippen molar-refractivity contribution in [2.45, 2.75) is 44.0 Å². The summed E-state index contributed by atoms with van der Waals surface area (Å²) < 4.78 is 46.4. The molecule has 1 saturated heterocycles. The number of nitrogens with one attached hydrogen (secondary N) is 1. The van der Waals surface area contributed by atoms with Crippen LogP contribution < -0.4 is 5.32 Å². The van der Waals surface area contributed by atoms with Gasteiger partial charge >= 0.3 is 6.18 Å². The van der Waals surface area contributed by atoms with Crippen molar-refractivity contribution >= 4 is 5.91 Å². The number of hydrogen-bond acceptors (Lipinski definition) is 3. The number of amides is 1. The molecule has 1 fully saturated rings. The largest absolute Gasteiger partial charge is 0.426 e. The number of aliphatic hydroxyl groups excluding tert-OH is 1. The quantitative estimate of drug-likeness (QED) is 0.796. The minimum atomic E-state index is -4.84. The van der Waals surface area contributed by atoms with Crippen LogP contribution in [0.3, 0.4) is 0 Å². The normalized spacial score (nSPS) is 23.3. The summed E-state index contributed by atoms with van der Waals surface area (Å²) in [5.74, 6) is -1.18. The van der Waals surface area contributed by atoms with E-state index in [1.54, 1.807) is 36.4 Å². The van der Waals surface area contributed by atoms with Crippen molar-refractivity contribution in [2.75, 3.05) is 13.2 Å². The fraction of sp³-hybridized carbons (Fsp3) is 0.500. The van der Waals surface area contributed by atoms with Gasteiger partial charge in [-0.2, -0.15) is 13.2 Å². The zero-order chi connectivity index (χ0) is 18.3. The van der Waals surface area contributed by atoms with Gasteiger partial charge in [-0.1, -0.05) is 42.0 Å². The molecule has 0 spiro atoms. The van der Waals surface area contributed by atoms with E-state index in [2.05, 4.69) is 5.32 Å². The molecule has 0 aromatic heterocycles. The Morgan fingerprint density at radius 2 is 2.04 bits per heavy atom. The summed E-state index contributed by atoms with van der Waals surface area (Å²) in [7, 11) is 0. The van der Waals surface area contributed by atoms with Crippen LogP contribution >= 0.6 is 0 Å². The highest BCUT2D eigenvalue weighted by atomic mass is 19.4. The van der Waals surface area contributed by atoms with Gasteiger partial charge in [-0.3, -0.25) is 4.79 Å². The Bertz CT molecular complexity index is 601. The van der Waals surface area contributed by atoms with E-state index < -0.39 is 24.1 Å². The van der Waals surface area contributed by atoms with E-state index in [1.807, 2.05) is 0 Å². The molecule has 2 rings (SSSR count). The average molecular weight is 357 g/mol. The molecule has 0 aliphatic carbocycles. The fourth-order valence-corrected chi connectivity index (χ4v) is 2.83. The van der Waals surface area contributed by atoms with Gasteiger partial charge in [-0.15, -0.1) is 0 Å². The predicted octanol–water partition coefficient (Wildman–Crippen LogP) is 3.11. The summed E-state index contributed by atoms with van der Waals surface area (Å²) in [6, 6.07) is 8.73. The summed E-state index contributed by atoms with van der Waals surface area (Å²) >= 11 is 0. The molecule has 0 bridgehead atoms. The summed E-state index contributed by atoms with van der Waals surface area (Å²) in [5.41, 5.74) is -1.70. The van der Waals surface area contributed by atoms with Gasteiger partial charge in [0, 0.05) is 26.2 Å². The van der Waals surface area contributed by atoms with Gasteiger partial charge in [0.2, 0.25) is 5.60 Å². The highest BCUT2D eigenvalue weighted by molar-refractivity contribution is 5.86. The highest BCUT2D eigenvalue weighted by Gasteiger charge is 2.62. The van der Waals surface area contributed by atoms with Crippen molar-refractivity contribution < 1.29 is 27.8 Å². The molecular weight excluding hydrogens is 335 g/mol.